The topological polar surface area (TPSA) is 73.2 Å². The van der Waals surface area contributed by atoms with Crippen LogP contribution in [0.25, 0.3) is 5.57 Å². The molecule has 0 spiro atoms. The minimum absolute atomic E-state index is 0.237. The Hall–Kier alpha value is -4.17. The maximum absolute atomic E-state index is 13.4. The van der Waals surface area contributed by atoms with Gasteiger partial charge in [0.05, 0.1) is 22.9 Å². The molecular formula is C27H23N3O2. The van der Waals surface area contributed by atoms with E-state index in [1.54, 1.807) is 24.3 Å². The molecule has 3 aromatic carbocycles. The van der Waals surface area contributed by atoms with Crippen molar-refractivity contribution in [3.8, 4) is 6.07 Å². The summed E-state index contributed by atoms with van der Waals surface area (Å²) in [6.45, 7) is 6.21. The first-order valence-corrected chi connectivity index (χ1v) is 10.5. The van der Waals surface area contributed by atoms with E-state index in [0.717, 1.165) is 16.2 Å². The Balaban J connectivity index is 1.77. The van der Waals surface area contributed by atoms with Gasteiger partial charge in [0, 0.05) is 5.69 Å². The van der Waals surface area contributed by atoms with Gasteiger partial charge in [-0.15, -0.1) is 0 Å². The van der Waals surface area contributed by atoms with Crippen molar-refractivity contribution in [3.63, 3.8) is 0 Å². The number of nitriles is 1. The van der Waals surface area contributed by atoms with Crippen molar-refractivity contribution in [2.24, 2.45) is 0 Å². The van der Waals surface area contributed by atoms with Crippen molar-refractivity contribution < 1.29 is 9.59 Å². The monoisotopic (exact) mass is 421 g/mol. The number of nitrogens with zero attached hydrogens (tertiary/aromatic N) is 2. The summed E-state index contributed by atoms with van der Waals surface area (Å²) in [5, 5.41) is 12.2. The molecule has 0 aliphatic carbocycles. The summed E-state index contributed by atoms with van der Waals surface area (Å²) in [4.78, 5) is 28.0. The second-order valence-electron chi connectivity index (χ2n) is 8.12. The Morgan fingerprint density at radius 2 is 1.47 bits per heavy atom. The lowest BCUT2D eigenvalue weighted by Crippen LogP contribution is -2.32. The summed E-state index contributed by atoms with van der Waals surface area (Å²) in [5.74, 6) is -0.430. The summed E-state index contributed by atoms with van der Waals surface area (Å²) in [6, 6.07) is 23.8. The minimum atomic E-state index is -0.428. The minimum Gasteiger partial charge on any atom is -0.350 e. The molecule has 0 saturated heterocycles. The first kappa shape index (κ1) is 21.1. The molecule has 0 radical (unpaired) electrons. The largest absolute Gasteiger partial charge is 0.350 e. The van der Waals surface area contributed by atoms with Crippen molar-refractivity contribution in [2.75, 3.05) is 10.2 Å². The smallest absolute Gasteiger partial charge is 0.282 e. The van der Waals surface area contributed by atoms with E-state index < -0.39 is 11.8 Å². The highest BCUT2D eigenvalue weighted by Gasteiger charge is 2.40. The summed E-state index contributed by atoms with van der Waals surface area (Å²) in [6.07, 6.45) is 0. The molecule has 0 saturated carbocycles. The average molecular weight is 422 g/mol. The number of anilines is 2. The van der Waals surface area contributed by atoms with Crippen LogP contribution in [0.1, 0.15) is 42.0 Å². The lowest BCUT2D eigenvalue weighted by Gasteiger charge is -2.15. The van der Waals surface area contributed by atoms with Crippen LogP contribution in [0.2, 0.25) is 0 Å². The van der Waals surface area contributed by atoms with Crippen molar-refractivity contribution in [1.29, 1.82) is 5.26 Å². The molecule has 5 nitrogen and oxygen atoms in total. The maximum Gasteiger partial charge on any atom is 0.282 e. The Bertz CT molecular complexity index is 1250. The molecule has 158 valence electrons. The van der Waals surface area contributed by atoms with E-state index in [1.807, 2.05) is 61.5 Å². The van der Waals surface area contributed by atoms with Gasteiger partial charge in [0.1, 0.15) is 5.70 Å². The predicted molar refractivity (Wildman–Crippen MR) is 126 cm³/mol. The maximum atomic E-state index is 13.4. The van der Waals surface area contributed by atoms with Gasteiger partial charge in [0.15, 0.2) is 0 Å². The average Bonchev–Trinajstić information content (AvgIpc) is 3.04. The van der Waals surface area contributed by atoms with Gasteiger partial charge >= 0.3 is 0 Å². The first-order chi connectivity index (χ1) is 15.4. The highest BCUT2D eigenvalue weighted by atomic mass is 16.2. The molecule has 2 amide bonds. The second kappa shape index (κ2) is 8.52. The Labute approximate surface area is 187 Å². The van der Waals surface area contributed by atoms with Gasteiger partial charge < -0.3 is 5.32 Å². The molecule has 4 rings (SSSR count). The van der Waals surface area contributed by atoms with Crippen LogP contribution in [0, 0.1) is 18.3 Å². The molecule has 3 aromatic rings. The molecule has 0 atom stereocenters. The van der Waals surface area contributed by atoms with Crippen molar-refractivity contribution in [2.45, 2.75) is 26.7 Å². The van der Waals surface area contributed by atoms with Crippen molar-refractivity contribution in [3.05, 3.63) is 101 Å². The Kier molecular flexibility index (Phi) is 5.61. The first-order valence-electron chi connectivity index (χ1n) is 10.5. The lowest BCUT2D eigenvalue weighted by atomic mass is 10.0. The quantitative estimate of drug-likeness (QED) is 0.561. The molecule has 1 N–H and O–H groups in total. The van der Waals surface area contributed by atoms with Crippen molar-refractivity contribution >= 4 is 28.8 Å². The zero-order valence-corrected chi connectivity index (χ0v) is 18.2. The molecule has 1 heterocycles. The third-order valence-electron chi connectivity index (χ3n) is 5.53. The van der Waals surface area contributed by atoms with Crippen LogP contribution in [0.3, 0.4) is 0 Å². The molecule has 5 heteroatoms. The van der Waals surface area contributed by atoms with Crippen LogP contribution in [0.4, 0.5) is 11.4 Å². The second-order valence-corrected chi connectivity index (χ2v) is 8.12. The normalized spacial score (nSPS) is 13.7. The molecule has 0 bridgehead atoms. The van der Waals surface area contributed by atoms with Gasteiger partial charge in [0.25, 0.3) is 11.8 Å². The third kappa shape index (κ3) is 3.91. The Morgan fingerprint density at radius 1 is 0.844 bits per heavy atom. The molecule has 0 unspecified atom stereocenters. The van der Waals surface area contributed by atoms with Crippen LogP contribution in [-0.2, 0) is 9.59 Å². The number of nitrogens with one attached hydrogen (secondary N) is 1. The van der Waals surface area contributed by atoms with E-state index in [-0.39, 0.29) is 5.70 Å². The van der Waals surface area contributed by atoms with E-state index in [0.29, 0.717) is 28.3 Å². The molecule has 0 aromatic heterocycles. The standard InChI is InChI=1S/C27H23N3O2/c1-17(2)20-10-12-22(13-11-20)29-25-24(21-8-4-18(3)5-9-21)26(31)30(27(25)32)23-14-6-19(16-28)7-15-23/h4-15,17,29H,1-3H3. The number of carbonyl (C=O) groups is 2. The number of rotatable bonds is 5. The molecule has 1 aliphatic heterocycles. The summed E-state index contributed by atoms with van der Waals surface area (Å²) < 4.78 is 0. The zero-order chi connectivity index (χ0) is 22.8. The number of amides is 2. The van der Waals surface area contributed by atoms with Crippen LogP contribution in [0.5, 0.6) is 0 Å². The van der Waals surface area contributed by atoms with E-state index in [2.05, 4.69) is 19.2 Å². The van der Waals surface area contributed by atoms with Gasteiger partial charge in [0.2, 0.25) is 0 Å². The number of aryl methyl sites for hydroxylation is 1. The fraction of sp³-hybridized carbons (Fsp3) is 0.148. The van der Waals surface area contributed by atoms with Crippen LogP contribution < -0.4 is 10.2 Å². The summed E-state index contributed by atoms with van der Waals surface area (Å²) in [7, 11) is 0. The van der Waals surface area contributed by atoms with E-state index in [1.165, 1.54) is 5.56 Å². The third-order valence-corrected chi connectivity index (χ3v) is 5.53. The molecule has 32 heavy (non-hydrogen) atoms. The highest BCUT2D eigenvalue weighted by molar-refractivity contribution is 6.46. The van der Waals surface area contributed by atoms with E-state index >= 15 is 0 Å². The van der Waals surface area contributed by atoms with Crippen LogP contribution in [0.15, 0.2) is 78.5 Å². The lowest BCUT2D eigenvalue weighted by molar-refractivity contribution is -0.120. The van der Waals surface area contributed by atoms with Gasteiger partial charge in [-0.3, -0.25) is 9.59 Å². The van der Waals surface area contributed by atoms with Gasteiger partial charge in [-0.1, -0.05) is 55.8 Å². The van der Waals surface area contributed by atoms with Gasteiger partial charge in [-0.2, -0.15) is 5.26 Å². The Morgan fingerprint density at radius 3 is 2.03 bits per heavy atom. The number of carbonyl (C=O) groups excluding carboxylic acids is 2. The number of hydrogen-bond donors (Lipinski definition) is 1. The van der Waals surface area contributed by atoms with E-state index in [4.69, 9.17) is 5.26 Å². The van der Waals surface area contributed by atoms with Crippen LogP contribution >= 0.6 is 0 Å². The van der Waals surface area contributed by atoms with Gasteiger partial charge in [-0.05, 0) is 60.4 Å². The number of benzene rings is 3. The predicted octanol–water partition coefficient (Wildman–Crippen LogP) is 5.39. The summed E-state index contributed by atoms with van der Waals surface area (Å²) >= 11 is 0. The van der Waals surface area contributed by atoms with Crippen molar-refractivity contribution in [1.82, 2.24) is 0 Å². The molecular weight excluding hydrogens is 398 g/mol. The van der Waals surface area contributed by atoms with E-state index in [9.17, 15) is 9.59 Å². The zero-order valence-electron chi connectivity index (χ0n) is 18.2. The molecule has 1 aliphatic rings. The SMILES string of the molecule is Cc1ccc(C2=C(Nc3ccc(C(C)C)cc3)C(=O)N(c3ccc(C#N)cc3)C2=O)cc1. The number of hydrogen-bond acceptors (Lipinski definition) is 4. The molecule has 0 fully saturated rings. The fourth-order valence-electron chi connectivity index (χ4n) is 3.65. The van der Waals surface area contributed by atoms with Crippen LogP contribution in [-0.4, -0.2) is 11.8 Å². The van der Waals surface area contributed by atoms with Gasteiger partial charge in [-0.25, -0.2) is 4.90 Å². The summed E-state index contributed by atoms with van der Waals surface area (Å²) in [5.41, 5.74) is 5.11. The highest BCUT2D eigenvalue weighted by Crippen LogP contribution is 2.34. The number of imide groups is 1. The fourth-order valence-corrected chi connectivity index (χ4v) is 3.65.